The Bertz CT molecular complexity index is 257. The van der Waals surface area contributed by atoms with Gasteiger partial charge in [-0.15, -0.1) is 12.4 Å². The van der Waals surface area contributed by atoms with Crippen molar-refractivity contribution < 1.29 is 9.59 Å². The number of hydrogen-bond acceptors (Lipinski definition) is 3. The first-order valence-electron chi connectivity index (χ1n) is 5.85. The Morgan fingerprint density at radius 3 is 2.35 bits per heavy atom. The minimum atomic E-state index is -0.0378. The zero-order valence-electron chi connectivity index (χ0n) is 10.4. The van der Waals surface area contributed by atoms with Crippen molar-refractivity contribution in [2.75, 3.05) is 26.7 Å². The van der Waals surface area contributed by atoms with Gasteiger partial charge in [0.2, 0.25) is 11.8 Å². The van der Waals surface area contributed by atoms with Crippen molar-refractivity contribution >= 4 is 24.2 Å². The van der Waals surface area contributed by atoms with Gasteiger partial charge in [0.25, 0.3) is 0 Å². The standard InChI is InChI=1S/C11H21N3O2.ClH/c1-8(7-12-2)10(15)13-5-6-14-11(16)9-3-4-9;/h8-9,12H,3-7H2,1-2H3,(H,13,15)(H,14,16);1H. The summed E-state index contributed by atoms with van der Waals surface area (Å²) in [5, 5.41) is 8.54. The molecule has 1 aliphatic rings. The zero-order chi connectivity index (χ0) is 12.0. The largest absolute Gasteiger partial charge is 0.354 e. The van der Waals surface area contributed by atoms with E-state index in [0.717, 1.165) is 12.8 Å². The first-order valence-corrected chi connectivity index (χ1v) is 5.85. The maximum atomic E-state index is 11.5. The van der Waals surface area contributed by atoms with Crippen LogP contribution in [-0.2, 0) is 9.59 Å². The predicted molar refractivity (Wildman–Crippen MR) is 69.1 cm³/mol. The van der Waals surface area contributed by atoms with Crippen LogP contribution in [0.25, 0.3) is 0 Å². The third-order valence-corrected chi connectivity index (χ3v) is 2.63. The second-order valence-corrected chi connectivity index (χ2v) is 4.32. The van der Waals surface area contributed by atoms with Crippen molar-refractivity contribution in [1.29, 1.82) is 0 Å². The van der Waals surface area contributed by atoms with Gasteiger partial charge in [-0.3, -0.25) is 9.59 Å². The maximum Gasteiger partial charge on any atom is 0.224 e. The van der Waals surface area contributed by atoms with Crippen LogP contribution < -0.4 is 16.0 Å². The van der Waals surface area contributed by atoms with E-state index in [9.17, 15) is 9.59 Å². The predicted octanol–water partition coefficient (Wildman–Crippen LogP) is -0.0939. The van der Waals surface area contributed by atoms with Crippen molar-refractivity contribution in [2.24, 2.45) is 11.8 Å². The Morgan fingerprint density at radius 1 is 1.24 bits per heavy atom. The number of hydrogen-bond donors (Lipinski definition) is 3. The van der Waals surface area contributed by atoms with E-state index in [4.69, 9.17) is 0 Å². The fraction of sp³-hybridized carbons (Fsp3) is 0.818. The Hall–Kier alpha value is -0.810. The molecule has 0 radical (unpaired) electrons. The molecule has 1 atom stereocenters. The number of halogens is 1. The van der Waals surface area contributed by atoms with E-state index in [1.165, 1.54) is 0 Å². The summed E-state index contributed by atoms with van der Waals surface area (Å²) < 4.78 is 0. The van der Waals surface area contributed by atoms with Crippen LogP contribution in [0, 0.1) is 11.8 Å². The van der Waals surface area contributed by atoms with Gasteiger partial charge < -0.3 is 16.0 Å². The second kappa shape index (κ2) is 8.31. The molecule has 17 heavy (non-hydrogen) atoms. The summed E-state index contributed by atoms with van der Waals surface area (Å²) >= 11 is 0. The Balaban J connectivity index is 0.00000256. The first kappa shape index (κ1) is 16.2. The summed E-state index contributed by atoms with van der Waals surface area (Å²) in [6.45, 7) is 3.56. The van der Waals surface area contributed by atoms with Crippen molar-refractivity contribution in [3.05, 3.63) is 0 Å². The van der Waals surface area contributed by atoms with Crippen LogP contribution in [0.2, 0.25) is 0 Å². The number of amides is 2. The fourth-order valence-corrected chi connectivity index (χ4v) is 1.43. The Labute approximate surface area is 109 Å². The monoisotopic (exact) mass is 263 g/mol. The molecule has 3 N–H and O–H groups in total. The maximum absolute atomic E-state index is 11.5. The van der Waals surface area contributed by atoms with Gasteiger partial charge in [0.1, 0.15) is 0 Å². The summed E-state index contributed by atoms with van der Waals surface area (Å²) in [7, 11) is 1.82. The molecule has 1 unspecified atom stereocenters. The normalized spacial score (nSPS) is 15.6. The van der Waals surface area contributed by atoms with Gasteiger partial charge in [-0.1, -0.05) is 6.92 Å². The lowest BCUT2D eigenvalue weighted by atomic mass is 10.1. The van der Waals surface area contributed by atoms with Crippen LogP contribution >= 0.6 is 12.4 Å². The Morgan fingerprint density at radius 2 is 1.82 bits per heavy atom. The third kappa shape index (κ3) is 6.48. The first-order chi connectivity index (χ1) is 7.65. The van der Waals surface area contributed by atoms with Gasteiger partial charge in [0.15, 0.2) is 0 Å². The lowest BCUT2D eigenvalue weighted by Crippen LogP contribution is -2.39. The van der Waals surface area contributed by atoms with E-state index < -0.39 is 0 Å². The molecule has 0 heterocycles. The molecule has 0 aromatic rings. The smallest absolute Gasteiger partial charge is 0.224 e. The van der Waals surface area contributed by atoms with Gasteiger partial charge in [0.05, 0.1) is 0 Å². The van der Waals surface area contributed by atoms with Gasteiger partial charge in [0, 0.05) is 31.5 Å². The lowest BCUT2D eigenvalue weighted by Gasteiger charge is -2.11. The van der Waals surface area contributed by atoms with E-state index in [2.05, 4.69) is 16.0 Å². The quantitative estimate of drug-likeness (QED) is 0.562. The molecule has 6 heteroatoms. The Kier molecular flexibility index (Phi) is 7.91. The molecule has 0 aliphatic heterocycles. The van der Waals surface area contributed by atoms with Gasteiger partial charge in [-0.2, -0.15) is 0 Å². The van der Waals surface area contributed by atoms with Crippen molar-refractivity contribution in [2.45, 2.75) is 19.8 Å². The van der Waals surface area contributed by atoms with Crippen LogP contribution in [0.4, 0.5) is 0 Å². The van der Waals surface area contributed by atoms with E-state index in [-0.39, 0.29) is 36.1 Å². The average Bonchev–Trinajstić information content (AvgIpc) is 3.07. The van der Waals surface area contributed by atoms with E-state index in [0.29, 0.717) is 19.6 Å². The van der Waals surface area contributed by atoms with Gasteiger partial charge in [-0.05, 0) is 19.9 Å². The summed E-state index contributed by atoms with van der Waals surface area (Å²) in [5.41, 5.74) is 0. The van der Waals surface area contributed by atoms with E-state index in [1.54, 1.807) is 0 Å². The molecule has 0 aromatic heterocycles. The molecule has 1 aliphatic carbocycles. The van der Waals surface area contributed by atoms with Crippen LogP contribution in [0.3, 0.4) is 0 Å². The number of carbonyl (C=O) groups is 2. The van der Waals surface area contributed by atoms with Crippen molar-refractivity contribution in [1.82, 2.24) is 16.0 Å². The van der Waals surface area contributed by atoms with Crippen molar-refractivity contribution in [3.8, 4) is 0 Å². The lowest BCUT2D eigenvalue weighted by molar-refractivity contribution is -0.125. The zero-order valence-corrected chi connectivity index (χ0v) is 11.2. The van der Waals surface area contributed by atoms with E-state index >= 15 is 0 Å². The summed E-state index contributed by atoms with van der Waals surface area (Å²) in [6.07, 6.45) is 2.02. The minimum Gasteiger partial charge on any atom is -0.354 e. The molecule has 1 saturated carbocycles. The molecule has 0 saturated heterocycles. The van der Waals surface area contributed by atoms with Gasteiger partial charge >= 0.3 is 0 Å². The highest BCUT2D eigenvalue weighted by Crippen LogP contribution is 2.28. The molecule has 0 bridgehead atoms. The van der Waals surface area contributed by atoms with Gasteiger partial charge in [-0.25, -0.2) is 0 Å². The highest BCUT2D eigenvalue weighted by molar-refractivity contribution is 5.85. The van der Waals surface area contributed by atoms with Crippen LogP contribution in [-0.4, -0.2) is 38.5 Å². The average molecular weight is 264 g/mol. The minimum absolute atomic E-state index is 0. The molecule has 5 nitrogen and oxygen atoms in total. The number of nitrogens with one attached hydrogen (secondary N) is 3. The molecular weight excluding hydrogens is 242 g/mol. The van der Waals surface area contributed by atoms with Crippen LogP contribution in [0.5, 0.6) is 0 Å². The topological polar surface area (TPSA) is 70.2 Å². The molecule has 0 aromatic carbocycles. The van der Waals surface area contributed by atoms with E-state index in [1.807, 2.05) is 14.0 Å². The van der Waals surface area contributed by atoms with Crippen molar-refractivity contribution in [3.63, 3.8) is 0 Å². The highest BCUT2D eigenvalue weighted by atomic mass is 35.5. The molecule has 2 amide bonds. The molecule has 1 rings (SSSR count). The fourth-order valence-electron chi connectivity index (χ4n) is 1.43. The molecule has 1 fully saturated rings. The number of rotatable bonds is 7. The van der Waals surface area contributed by atoms with Crippen LogP contribution in [0.15, 0.2) is 0 Å². The molecular formula is C11H22ClN3O2. The number of carbonyl (C=O) groups excluding carboxylic acids is 2. The third-order valence-electron chi connectivity index (χ3n) is 2.63. The summed E-state index contributed by atoms with van der Waals surface area (Å²) in [6, 6.07) is 0. The highest BCUT2D eigenvalue weighted by Gasteiger charge is 2.28. The second-order valence-electron chi connectivity index (χ2n) is 4.32. The summed E-state index contributed by atoms with van der Waals surface area (Å²) in [5.74, 6) is 0.343. The van der Waals surface area contributed by atoms with Crippen LogP contribution in [0.1, 0.15) is 19.8 Å². The molecule has 0 spiro atoms. The molecule has 100 valence electrons. The summed E-state index contributed by atoms with van der Waals surface area (Å²) in [4.78, 5) is 22.7. The SMILES string of the molecule is CNCC(C)C(=O)NCCNC(=O)C1CC1.Cl.